The highest BCUT2D eigenvalue weighted by Gasteiger charge is 2.20. The number of benzene rings is 2. The summed E-state index contributed by atoms with van der Waals surface area (Å²) in [5.41, 5.74) is 3.94. The van der Waals surface area contributed by atoms with Crippen molar-refractivity contribution >= 4 is 5.97 Å². The van der Waals surface area contributed by atoms with E-state index in [1.807, 2.05) is 48.0 Å². The lowest BCUT2D eigenvalue weighted by atomic mass is 10.0. The second-order valence-electron chi connectivity index (χ2n) is 8.28. The average Bonchev–Trinajstić information content (AvgIpc) is 3.19. The number of hydrogen-bond donors (Lipinski definition) is 1. The van der Waals surface area contributed by atoms with Gasteiger partial charge >= 0.3 is 5.97 Å². The molecule has 2 aromatic carbocycles. The van der Waals surface area contributed by atoms with Crippen LogP contribution in [0.5, 0.6) is 17.2 Å². The van der Waals surface area contributed by atoms with Crippen LogP contribution in [-0.2, 0) is 17.8 Å². The standard InChI is InChI=1S/C26H32N2O5/c1-6-12-33-23-11-10-18(14-25(29)30)13-20(23)21-15-22(28(27-21)16-17(2)3)19-8-7-9-24(31-4)26(19)32-5/h7-11,13,15,17H,6,12,14,16H2,1-5H3,(H,29,30). The van der Waals surface area contributed by atoms with Crippen LogP contribution in [0.3, 0.4) is 0 Å². The van der Waals surface area contributed by atoms with Crippen molar-refractivity contribution in [2.24, 2.45) is 5.92 Å². The van der Waals surface area contributed by atoms with Crippen molar-refractivity contribution in [3.63, 3.8) is 0 Å². The zero-order valence-corrected chi connectivity index (χ0v) is 19.9. The van der Waals surface area contributed by atoms with Crippen LogP contribution in [0.25, 0.3) is 22.5 Å². The molecule has 0 aliphatic heterocycles. The number of rotatable bonds is 11. The molecule has 0 spiro atoms. The molecule has 7 heteroatoms. The fourth-order valence-corrected chi connectivity index (χ4v) is 3.74. The molecule has 0 bridgehead atoms. The Bertz CT molecular complexity index is 1100. The minimum absolute atomic E-state index is 0.0652. The van der Waals surface area contributed by atoms with E-state index in [1.165, 1.54) is 0 Å². The van der Waals surface area contributed by atoms with Crippen molar-refractivity contribution in [2.45, 2.75) is 40.2 Å². The summed E-state index contributed by atoms with van der Waals surface area (Å²) in [5, 5.41) is 14.2. The number of ether oxygens (including phenoxy) is 3. The summed E-state index contributed by atoms with van der Waals surface area (Å²) >= 11 is 0. The van der Waals surface area contributed by atoms with Crippen LogP contribution in [0.15, 0.2) is 42.5 Å². The van der Waals surface area contributed by atoms with Crippen LogP contribution >= 0.6 is 0 Å². The number of carboxylic acid groups (broad SMARTS) is 1. The molecule has 7 nitrogen and oxygen atoms in total. The Hall–Kier alpha value is -3.48. The fraction of sp³-hybridized carbons (Fsp3) is 0.385. The SMILES string of the molecule is CCCOc1ccc(CC(=O)O)cc1-c1cc(-c2cccc(OC)c2OC)n(CC(C)C)n1. The highest BCUT2D eigenvalue weighted by molar-refractivity contribution is 5.78. The molecular formula is C26H32N2O5. The first kappa shape index (κ1) is 24.2. The van der Waals surface area contributed by atoms with Crippen molar-refractivity contribution in [1.82, 2.24) is 9.78 Å². The predicted molar refractivity (Wildman–Crippen MR) is 128 cm³/mol. The number of methoxy groups -OCH3 is 2. The first-order chi connectivity index (χ1) is 15.9. The third-order valence-corrected chi connectivity index (χ3v) is 5.13. The molecule has 3 rings (SSSR count). The summed E-state index contributed by atoms with van der Waals surface area (Å²) in [6.07, 6.45) is 0.800. The zero-order valence-electron chi connectivity index (χ0n) is 19.9. The van der Waals surface area contributed by atoms with Crippen LogP contribution in [0, 0.1) is 5.92 Å². The quantitative estimate of drug-likeness (QED) is 0.425. The molecule has 0 atom stereocenters. The van der Waals surface area contributed by atoms with E-state index >= 15 is 0 Å². The molecule has 0 amide bonds. The molecule has 33 heavy (non-hydrogen) atoms. The summed E-state index contributed by atoms with van der Waals surface area (Å²) in [6.45, 7) is 7.58. The second-order valence-corrected chi connectivity index (χ2v) is 8.28. The highest BCUT2D eigenvalue weighted by atomic mass is 16.5. The Balaban J connectivity index is 2.19. The smallest absolute Gasteiger partial charge is 0.307 e. The molecule has 1 aromatic heterocycles. The van der Waals surface area contributed by atoms with E-state index in [2.05, 4.69) is 13.8 Å². The van der Waals surface area contributed by atoms with Gasteiger partial charge in [0.15, 0.2) is 11.5 Å². The van der Waals surface area contributed by atoms with Crippen molar-refractivity contribution < 1.29 is 24.1 Å². The predicted octanol–water partition coefficient (Wildman–Crippen LogP) is 5.31. The maximum atomic E-state index is 11.3. The molecule has 1 heterocycles. The van der Waals surface area contributed by atoms with Gasteiger partial charge in [-0.05, 0) is 48.2 Å². The third kappa shape index (κ3) is 5.66. The van der Waals surface area contributed by atoms with E-state index in [9.17, 15) is 9.90 Å². The highest BCUT2D eigenvalue weighted by Crippen LogP contribution is 2.40. The topological polar surface area (TPSA) is 82.8 Å². The number of para-hydroxylation sites is 1. The lowest BCUT2D eigenvalue weighted by Crippen LogP contribution is -2.08. The molecule has 0 aliphatic carbocycles. The van der Waals surface area contributed by atoms with Gasteiger partial charge in [0, 0.05) is 17.7 Å². The van der Waals surface area contributed by atoms with Gasteiger partial charge in [0.1, 0.15) is 5.75 Å². The van der Waals surface area contributed by atoms with E-state index in [-0.39, 0.29) is 6.42 Å². The van der Waals surface area contributed by atoms with Crippen LogP contribution in [0.1, 0.15) is 32.8 Å². The number of carbonyl (C=O) groups is 1. The number of aliphatic carboxylic acids is 1. The van der Waals surface area contributed by atoms with Gasteiger partial charge in [-0.3, -0.25) is 9.48 Å². The van der Waals surface area contributed by atoms with Crippen molar-refractivity contribution in [3.8, 4) is 39.8 Å². The fourth-order valence-electron chi connectivity index (χ4n) is 3.74. The molecule has 3 aromatic rings. The van der Waals surface area contributed by atoms with Crippen LogP contribution in [0.4, 0.5) is 0 Å². The van der Waals surface area contributed by atoms with Crippen LogP contribution < -0.4 is 14.2 Å². The van der Waals surface area contributed by atoms with Crippen LogP contribution in [0.2, 0.25) is 0 Å². The maximum absolute atomic E-state index is 11.3. The maximum Gasteiger partial charge on any atom is 0.307 e. The third-order valence-electron chi connectivity index (χ3n) is 5.13. The van der Waals surface area contributed by atoms with Crippen molar-refractivity contribution in [2.75, 3.05) is 20.8 Å². The zero-order chi connectivity index (χ0) is 24.0. The molecule has 1 N–H and O–H groups in total. The van der Waals surface area contributed by atoms with E-state index in [4.69, 9.17) is 19.3 Å². The molecular weight excluding hydrogens is 420 g/mol. The Kier molecular flexibility index (Phi) is 7.98. The minimum atomic E-state index is -0.879. The number of nitrogens with zero attached hydrogens (tertiary/aromatic N) is 2. The summed E-state index contributed by atoms with van der Waals surface area (Å²) in [5.74, 6) is 1.45. The largest absolute Gasteiger partial charge is 0.493 e. The molecule has 0 fully saturated rings. The molecule has 0 aliphatic rings. The average molecular weight is 453 g/mol. The van der Waals surface area contributed by atoms with Crippen LogP contribution in [-0.4, -0.2) is 41.7 Å². The van der Waals surface area contributed by atoms with Gasteiger partial charge in [-0.25, -0.2) is 0 Å². The van der Waals surface area contributed by atoms with E-state index < -0.39 is 5.97 Å². The van der Waals surface area contributed by atoms with Gasteiger partial charge in [-0.15, -0.1) is 0 Å². The van der Waals surface area contributed by atoms with Crippen molar-refractivity contribution in [1.29, 1.82) is 0 Å². The number of aromatic nitrogens is 2. The monoisotopic (exact) mass is 452 g/mol. The first-order valence-electron chi connectivity index (χ1n) is 11.1. The Labute approximate surface area is 194 Å². The van der Waals surface area contributed by atoms with E-state index in [0.29, 0.717) is 47.6 Å². The normalized spacial score (nSPS) is 11.0. The van der Waals surface area contributed by atoms with Crippen molar-refractivity contribution in [3.05, 3.63) is 48.0 Å². The summed E-state index contributed by atoms with van der Waals surface area (Å²) in [6, 6.07) is 13.2. The van der Waals surface area contributed by atoms with E-state index in [1.54, 1.807) is 20.3 Å². The van der Waals surface area contributed by atoms with Gasteiger partial charge in [0.2, 0.25) is 0 Å². The molecule has 0 saturated carbocycles. The van der Waals surface area contributed by atoms with Gasteiger partial charge in [-0.2, -0.15) is 5.10 Å². The Morgan fingerprint density at radius 2 is 1.85 bits per heavy atom. The molecule has 176 valence electrons. The Morgan fingerprint density at radius 1 is 1.06 bits per heavy atom. The minimum Gasteiger partial charge on any atom is -0.493 e. The van der Waals surface area contributed by atoms with Gasteiger partial charge in [-0.1, -0.05) is 32.9 Å². The number of hydrogen-bond acceptors (Lipinski definition) is 5. The van der Waals surface area contributed by atoms with Gasteiger partial charge < -0.3 is 19.3 Å². The van der Waals surface area contributed by atoms with E-state index in [0.717, 1.165) is 23.2 Å². The lowest BCUT2D eigenvalue weighted by Gasteiger charge is -2.14. The Morgan fingerprint density at radius 3 is 2.48 bits per heavy atom. The molecule has 0 saturated heterocycles. The molecule has 0 unspecified atom stereocenters. The van der Waals surface area contributed by atoms with Gasteiger partial charge in [0.25, 0.3) is 0 Å². The lowest BCUT2D eigenvalue weighted by molar-refractivity contribution is -0.136. The second kappa shape index (κ2) is 10.9. The summed E-state index contributed by atoms with van der Waals surface area (Å²) in [4.78, 5) is 11.3. The number of carboxylic acids is 1. The first-order valence-corrected chi connectivity index (χ1v) is 11.1. The van der Waals surface area contributed by atoms with Gasteiger partial charge in [0.05, 0.1) is 38.6 Å². The summed E-state index contributed by atoms with van der Waals surface area (Å²) < 4.78 is 19.1. The summed E-state index contributed by atoms with van der Waals surface area (Å²) in [7, 11) is 3.24. The molecule has 0 radical (unpaired) electrons.